The van der Waals surface area contributed by atoms with Crippen LogP contribution in [-0.2, 0) is 0 Å². The zero-order valence-corrected chi connectivity index (χ0v) is 10.9. The highest BCUT2D eigenvalue weighted by Crippen LogP contribution is 2.14. The molecule has 0 saturated carbocycles. The monoisotopic (exact) mass is 209 g/mol. The molecule has 0 rings (SSSR count). The van der Waals surface area contributed by atoms with Gasteiger partial charge in [-0.25, -0.2) is 0 Å². The highest BCUT2D eigenvalue weighted by molar-refractivity contribution is 5.00. The van der Waals surface area contributed by atoms with Gasteiger partial charge in [0.15, 0.2) is 0 Å². The topological polar surface area (TPSA) is 0 Å². The maximum absolute atomic E-state index is 3.88. The summed E-state index contributed by atoms with van der Waals surface area (Å²) in [5.74, 6) is 0. The average Bonchev–Trinajstić information content (AvgIpc) is 2.26. The van der Waals surface area contributed by atoms with Gasteiger partial charge in [0.05, 0.1) is 0 Å². The Hall–Kier alpha value is -0.260. The quantitative estimate of drug-likeness (QED) is 0.320. The Kier molecular flexibility index (Phi) is 11.6. The molecule has 0 aromatic heterocycles. The van der Waals surface area contributed by atoms with E-state index < -0.39 is 0 Å². The van der Waals surface area contributed by atoms with Gasteiger partial charge in [-0.15, -0.1) is 0 Å². The Balaban J connectivity index is 3.50. The molecule has 0 N–H and O–H groups in total. The summed E-state index contributed by atoms with van der Waals surface area (Å²) >= 11 is 0. The Bertz CT molecular complexity index is 144. The fourth-order valence-electron chi connectivity index (χ4n) is 1.83. The molecular weight excluding hydrogens is 180 g/mol. The largest absolute Gasteiger partial charge is 0.0853 e. The summed E-state index contributed by atoms with van der Waals surface area (Å²) in [6, 6.07) is 0. The van der Waals surface area contributed by atoms with Gasteiger partial charge in [0, 0.05) is 0 Å². The molecular formula is C15H29. The third-order valence-electron chi connectivity index (χ3n) is 2.94. The number of allylic oxidation sites excluding steroid dienone is 2. The van der Waals surface area contributed by atoms with Crippen LogP contribution in [0.15, 0.2) is 11.6 Å². The predicted molar refractivity (Wildman–Crippen MR) is 71.0 cm³/mol. The molecule has 0 aromatic carbocycles. The second kappa shape index (κ2) is 11.8. The van der Waals surface area contributed by atoms with Crippen molar-refractivity contribution in [2.45, 2.75) is 78.1 Å². The molecule has 0 aromatic rings. The zero-order valence-electron chi connectivity index (χ0n) is 10.9. The van der Waals surface area contributed by atoms with E-state index in [0.717, 1.165) is 6.42 Å². The fourth-order valence-corrected chi connectivity index (χ4v) is 1.83. The molecule has 0 spiro atoms. The normalized spacial score (nSPS) is 12.1. The third-order valence-corrected chi connectivity index (χ3v) is 2.94. The lowest BCUT2D eigenvalue weighted by atomic mass is 10.0. The van der Waals surface area contributed by atoms with Crippen LogP contribution in [0.25, 0.3) is 0 Å². The van der Waals surface area contributed by atoms with Crippen LogP contribution >= 0.6 is 0 Å². The third kappa shape index (κ3) is 10.0. The molecule has 0 nitrogen and oxygen atoms in total. The van der Waals surface area contributed by atoms with Crippen molar-refractivity contribution in [3.63, 3.8) is 0 Å². The molecule has 0 unspecified atom stereocenters. The van der Waals surface area contributed by atoms with Crippen LogP contribution in [0, 0.1) is 6.92 Å². The predicted octanol–water partition coefficient (Wildman–Crippen LogP) is 5.69. The highest BCUT2D eigenvalue weighted by Gasteiger charge is 1.94. The van der Waals surface area contributed by atoms with Gasteiger partial charge < -0.3 is 0 Å². The average molecular weight is 209 g/mol. The van der Waals surface area contributed by atoms with E-state index in [1.54, 1.807) is 5.57 Å². The minimum atomic E-state index is 1.09. The summed E-state index contributed by atoms with van der Waals surface area (Å²) < 4.78 is 0. The van der Waals surface area contributed by atoms with E-state index in [0.29, 0.717) is 0 Å². The van der Waals surface area contributed by atoms with Crippen LogP contribution in [0.3, 0.4) is 0 Å². The lowest BCUT2D eigenvalue weighted by Crippen LogP contribution is -1.84. The molecule has 0 amide bonds. The van der Waals surface area contributed by atoms with Crippen molar-refractivity contribution in [3.05, 3.63) is 18.6 Å². The van der Waals surface area contributed by atoms with Gasteiger partial charge in [0.2, 0.25) is 0 Å². The standard InChI is InChI=1S/C15H29/c1-4-7-9-10-12-14-15(6-3)13-11-8-5-2/h14H,2,4-13H2,1,3H3. The fraction of sp³-hybridized carbons (Fsp3) is 0.800. The van der Waals surface area contributed by atoms with Gasteiger partial charge in [-0.05, 0) is 32.1 Å². The van der Waals surface area contributed by atoms with Crippen molar-refractivity contribution in [1.29, 1.82) is 0 Å². The number of hydrogen-bond donors (Lipinski definition) is 0. The molecule has 0 bridgehead atoms. The minimum absolute atomic E-state index is 1.09. The van der Waals surface area contributed by atoms with Gasteiger partial charge >= 0.3 is 0 Å². The van der Waals surface area contributed by atoms with Gasteiger partial charge in [-0.2, -0.15) is 0 Å². The first-order chi connectivity index (χ1) is 7.35. The molecule has 15 heavy (non-hydrogen) atoms. The van der Waals surface area contributed by atoms with Crippen molar-refractivity contribution < 1.29 is 0 Å². The van der Waals surface area contributed by atoms with Gasteiger partial charge in [-0.1, -0.05) is 64.5 Å². The first kappa shape index (κ1) is 14.7. The van der Waals surface area contributed by atoms with Crippen molar-refractivity contribution in [2.75, 3.05) is 0 Å². The SMILES string of the molecule is [CH2]CCCCC(=CCCCCCC)CC. The van der Waals surface area contributed by atoms with E-state index in [1.165, 1.54) is 57.8 Å². The van der Waals surface area contributed by atoms with Gasteiger partial charge in [0.25, 0.3) is 0 Å². The Morgan fingerprint density at radius 2 is 1.80 bits per heavy atom. The van der Waals surface area contributed by atoms with Gasteiger partial charge in [0.1, 0.15) is 0 Å². The lowest BCUT2D eigenvalue weighted by Gasteiger charge is -2.04. The van der Waals surface area contributed by atoms with E-state index in [-0.39, 0.29) is 0 Å². The van der Waals surface area contributed by atoms with Crippen LogP contribution in [0.2, 0.25) is 0 Å². The van der Waals surface area contributed by atoms with E-state index in [9.17, 15) is 0 Å². The number of rotatable bonds is 10. The molecule has 89 valence electrons. The summed E-state index contributed by atoms with van der Waals surface area (Å²) in [5.41, 5.74) is 1.67. The smallest absolute Gasteiger partial charge is 0.0320 e. The molecule has 0 heterocycles. The van der Waals surface area contributed by atoms with E-state index in [2.05, 4.69) is 26.8 Å². The number of hydrogen-bond acceptors (Lipinski definition) is 0. The van der Waals surface area contributed by atoms with Crippen LogP contribution in [-0.4, -0.2) is 0 Å². The van der Waals surface area contributed by atoms with Crippen molar-refractivity contribution in [3.8, 4) is 0 Å². The van der Waals surface area contributed by atoms with Crippen molar-refractivity contribution in [1.82, 2.24) is 0 Å². The summed E-state index contributed by atoms with van der Waals surface area (Å²) in [7, 11) is 0. The maximum atomic E-state index is 3.88. The lowest BCUT2D eigenvalue weighted by molar-refractivity contribution is 0.667. The highest BCUT2D eigenvalue weighted by atomic mass is 14.0. The van der Waals surface area contributed by atoms with E-state index in [1.807, 2.05) is 0 Å². The van der Waals surface area contributed by atoms with Crippen LogP contribution < -0.4 is 0 Å². The second-order valence-corrected chi connectivity index (χ2v) is 4.38. The Morgan fingerprint density at radius 3 is 2.40 bits per heavy atom. The van der Waals surface area contributed by atoms with Gasteiger partial charge in [-0.3, -0.25) is 0 Å². The molecule has 0 aliphatic heterocycles. The van der Waals surface area contributed by atoms with Crippen LogP contribution in [0.5, 0.6) is 0 Å². The van der Waals surface area contributed by atoms with Crippen molar-refractivity contribution in [2.24, 2.45) is 0 Å². The molecule has 0 aliphatic rings. The summed E-state index contributed by atoms with van der Waals surface area (Å²) in [6.45, 7) is 8.43. The molecule has 0 fully saturated rings. The first-order valence-electron chi connectivity index (χ1n) is 6.82. The zero-order chi connectivity index (χ0) is 11.4. The summed E-state index contributed by atoms with van der Waals surface area (Å²) in [5, 5.41) is 0. The Morgan fingerprint density at radius 1 is 1.00 bits per heavy atom. The Labute approximate surface area is 97.2 Å². The van der Waals surface area contributed by atoms with E-state index >= 15 is 0 Å². The van der Waals surface area contributed by atoms with E-state index in [4.69, 9.17) is 0 Å². The van der Waals surface area contributed by atoms with Crippen LogP contribution in [0.1, 0.15) is 78.1 Å². The summed E-state index contributed by atoms with van der Waals surface area (Å²) in [4.78, 5) is 0. The molecule has 0 atom stereocenters. The maximum Gasteiger partial charge on any atom is -0.0320 e. The van der Waals surface area contributed by atoms with Crippen molar-refractivity contribution >= 4 is 0 Å². The molecule has 0 heteroatoms. The molecule has 1 radical (unpaired) electrons. The van der Waals surface area contributed by atoms with Crippen LogP contribution in [0.4, 0.5) is 0 Å². The molecule has 0 aliphatic carbocycles. The first-order valence-corrected chi connectivity index (χ1v) is 6.82. The molecule has 0 saturated heterocycles. The second-order valence-electron chi connectivity index (χ2n) is 4.38. The number of unbranched alkanes of at least 4 members (excludes halogenated alkanes) is 6. The summed E-state index contributed by atoms with van der Waals surface area (Å²) in [6.07, 6.45) is 15.6. The minimum Gasteiger partial charge on any atom is -0.0853 e.